The molecule has 0 bridgehead atoms. The molecule has 0 atom stereocenters. The molecule has 19 heavy (non-hydrogen) atoms. The van der Waals surface area contributed by atoms with Gasteiger partial charge >= 0.3 is 0 Å². The number of halogens is 2. The summed E-state index contributed by atoms with van der Waals surface area (Å²) in [5, 5.41) is 1.03. The molecule has 0 amide bonds. The van der Waals surface area contributed by atoms with Crippen molar-refractivity contribution in [1.29, 1.82) is 0 Å². The van der Waals surface area contributed by atoms with E-state index in [2.05, 4.69) is 24.0 Å². The van der Waals surface area contributed by atoms with Crippen LogP contribution in [0.1, 0.15) is 12.5 Å². The quantitative estimate of drug-likeness (QED) is 0.635. The van der Waals surface area contributed by atoms with Crippen molar-refractivity contribution in [2.45, 2.75) is 13.3 Å². The zero-order valence-electron chi connectivity index (χ0n) is 10.3. The Bertz CT molecular complexity index is 732. The van der Waals surface area contributed by atoms with Crippen LogP contribution in [-0.4, -0.2) is 4.98 Å². The Labute approximate surface area is 121 Å². The molecular weight excluding hydrogens is 281 g/mol. The van der Waals surface area contributed by atoms with E-state index in [-0.39, 0.29) is 0 Å². The van der Waals surface area contributed by atoms with Crippen molar-refractivity contribution >= 4 is 34.3 Å². The first kappa shape index (κ1) is 12.5. The van der Waals surface area contributed by atoms with Crippen molar-refractivity contribution in [2.75, 3.05) is 0 Å². The van der Waals surface area contributed by atoms with Crippen LogP contribution in [0.5, 0.6) is 0 Å². The summed E-state index contributed by atoms with van der Waals surface area (Å²) in [7, 11) is 0. The number of rotatable bonds is 2. The lowest BCUT2D eigenvalue weighted by Gasteiger charge is -1.97. The summed E-state index contributed by atoms with van der Waals surface area (Å²) in [4.78, 5) is 4.42. The van der Waals surface area contributed by atoms with Crippen LogP contribution in [-0.2, 0) is 6.42 Å². The first-order valence-corrected chi connectivity index (χ1v) is 6.78. The summed E-state index contributed by atoms with van der Waals surface area (Å²) < 4.78 is 5.71. The lowest BCUT2D eigenvalue weighted by molar-refractivity contribution is 0.620. The number of benzene rings is 2. The zero-order valence-corrected chi connectivity index (χ0v) is 11.8. The lowest BCUT2D eigenvalue weighted by atomic mass is 10.1. The molecule has 2 nitrogen and oxygen atoms in total. The number of oxazole rings is 1. The second-order valence-corrected chi connectivity index (χ2v) is 5.15. The summed E-state index contributed by atoms with van der Waals surface area (Å²) in [5.74, 6) is 0.557. The fourth-order valence-electron chi connectivity index (χ4n) is 1.97. The highest BCUT2D eigenvalue weighted by molar-refractivity contribution is 6.38. The molecule has 3 aromatic rings. The number of hydrogen-bond acceptors (Lipinski definition) is 2. The van der Waals surface area contributed by atoms with Crippen LogP contribution in [0, 0.1) is 0 Å². The molecule has 3 rings (SSSR count). The molecule has 0 saturated heterocycles. The second-order valence-electron chi connectivity index (χ2n) is 4.31. The summed E-state index contributed by atoms with van der Waals surface area (Å²) in [6, 6.07) is 11.5. The Morgan fingerprint density at radius 3 is 2.53 bits per heavy atom. The van der Waals surface area contributed by atoms with E-state index in [1.165, 1.54) is 5.56 Å². The zero-order chi connectivity index (χ0) is 13.4. The molecule has 96 valence electrons. The molecule has 0 aliphatic heterocycles. The van der Waals surface area contributed by atoms with Crippen molar-refractivity contribution in [3.05, 3.63) is 52.0 Å². The van der Waals surface area contributed by atoms with Crippen LogP contribution in [0.25, 0.3) is 22.6 Å². The van der Waals surface area contributed by atoms with E-state index in [4.69, 9.17) is 27.6 Å². The van der Waals surface area contributed by atoms with Gasteiger partial charge in [-0.05, 0) is 36.2 Å². The van der Waals surface area contributed by atoms with Gasteiger partial charge in [-0.2, -0.15) is 0 Å². The van der Waals surface area contributed by atoms with Gasteiger partial charge in [0.2, 0.25) is 5.89 Å². The van der Waals surface area contributed by atoms with Crippen molar-refractivity contribution in [1.82, 2.24) is 4.98 Å². The highest BCUT2D eigenvalue weighted by atomic mass is 35.5. The Morgan fingerprint density at radius 1 is 1.11 bits per heavy atom. The van der Waals surface area contributed by atoms with Gasteiger partial charge in [-0.3, -0.25) is 0 Å². The van der Waals surface area contributed by atoms with Crippen molar-refractivity contribution in [3.8, 4) is 11.5 Å². The molecule has 0 N–H and O–H groups in total. The minimum absolute atomic E-state index is 0.478. The molecule has 0 aliphatic rings. The summed E-state index contributed by atoms with van der Waals surface area (Å²) in [6.07, 6.45) is 1.01. The third-order valence-electron chi connectivity index (χ3n) is 3.02. The van der Waals surface area contributed by atoms with Crippen molar-refractivity contribution in [3.63, 3.8) is 0 Å². The number of nitrogens with zero attached hydrogens (tertiary/aromatic N) is 1. The average molecular weight is 292 g/mol. The predicted molar refractivity (Wildman–Crippen MR) is 78.8 cm³/mol. The van der Waals surface area contributed by atoms with E-state index >= 15 is 0 Å². The highest BCUT2D eigenvalue weighted by Crippen LogP contribution is 2.31. The monoisotopic (exact) mass is 291 g/mol. The Morgan fingerprint density at radius 2 is 1.84 bits per heavy atom. The number of aryl methyl sites for hydroxylation is 1. The molecule has 0 saturated carbocycles. The van der Waals surface area contributed by atoms with E-state index in [0.717, 1.165) is 12.0 Å². The molecule has 0 unspecified atom stereocenters. The van der Waals surface area contributed by atoms with Crippen LogP contribution in [0.3, 0.4) is 0 Å². The molecule has 0 fully saturated rings. The maximum absolute atomic E-state index is 6.09. The largest absolute Gasteiger partial charge is 0.435 e. The Balaban J connectivity index is 2.12. The minimum Gasteiger partial charge on any atom is -0.435 e. The number of fused-ring (bicyclic) bond motifs is 1. The topological polar surface area (TPSA) is 26.0 Å². The normalized spacial score (nSPS) is 11.1. The fraction of sp³-hybridized carbons (Fsp3) is 0.133. The smallest absolute Gasteiger partial charge is 0.227 e. The van der Waals surface area contributed by atoms with Gasteiger partial charge in [-0.25, -0.2) is 4.98 Å². The standard InChI is InChI=1S/C15H11Cl2NO/c1-2-9-3-5-10(6-4-9)15-18-13-8-11(16)7-12(17)14(13)19-15/h3-8H,2H2,1H3. The maximum Gasteiger partial charge on any atom is 0.227 e. The predicted octanol–water partition coefficient (Wildman–Crippen LogP) is 5.36. The van der Waals surface area contributed by atoms with Gasteiger partial charge in [0.15, 0.2) is 5.58 Å². The molecule has 0 radical (unpaired) electrons. The fourth-order valence-corrected chi connectivity index (χ4v) is 2.49. The molecule has 1 aromatic heterocycles. The first-order chi connectivity index (χ1) is 9.17. The maximum atomic E-state index is 6.09. The van der Waals surface area contributed by atoms with Gasteiger partial charge in [-0.1, -0.05) is 42.3 Å². The van der Waals surface area contributed by atoms with Gasteiger partial charge in [-0.15, -0.1) is 0 Å². The lowest BCUT2D eigenvalue weighted by Crippen LogP contribution is -1.81. The van der Waals surface area contributed by atoms with Crippen LogP contribution < -0.4 is 0 Å². The van der Waals surface area contributed by atoms with Crippen molar-refractivity contribution in [2.24, 2.45) is 0 Å². The van der Waals surface area contributed by atoms with E-state index in [1.807, 2.05) is 12.1 Å². The third-order valence-corrected chi connectivity index (χ3v) is 3.52. The van der Waals surface area contributed by atoms with Crippen LogP contribution in [0.2, 0.25) is 10.0 Å². The molecule has 0 aliphatic carbocycles. The van der Waals surface area contributed by atoms with E-state index < -0.39 is 0 Å². The van der Waals surface area contributed by atoms with Crippen molar-refractivity contribution < 1.29 is 4.42 Å². The summed E-state index contributed by atoms with van der Waals surface area (Å²) >= 11 is 12.0. The van der Waals surface area contributed by atoms with E-state index in [1.54, 1.807) is 12.1 Å². The average Bonchev–Trinajstić information content (AvgIpc) is 2.83. The van der Waals surface area contributed by atoms with E-state index in [0.29, 0.717) is 27.0 Å². The molecule has 2 aromatic carbocycles. The van der Waals surface area contributed by atoms with Gasteiger partial charge in [0, 0.05) is 10.6 Å². The Hall–Kier alpha value is -1.51. The highest BCUT2D eigenvalue weighted by Gasteiger charge is 2.11. The third kappa shape index (κ3) is 2.34. The minimum atomic E-state index is 0.478. The number of hydrogen-bond donors (Lipinski definition) is 0. The molecule has 0 spiro atoms. The molecule has 4 heteroatoms. The second kappa shape index (κ2) is 4.87. The summed E-state index contributed by atoms with van der Waals surface area (Å²) in [5.41, 5.74) is 3.45. The van der Waals surface area contributed by atoms with Crippen LogP contribution in [0.15, 0.2) is 40.8 Å². The molecular formula is C15H11Cl2NO. The summed E-state index contributed by atoms with van der Waals surface area (Å²) in [6.45, 7) is 2.12. The SMILES string of the molecule is CCc1ccc(-c2nc3cc(Cl)cc(Cl)c3o2)cc1. The molecule has 1 heterocycles. The van der Waals surface area contributed by atoms with Gasteiger partial charge in [0.1, 0.15) is 5.52 Å². The Kier molecular flexibility index (Phi) is 3.21. The van der Waals surface area contributed by atoms with Gasteiger partial charge < -0.3 is 4.42 Å². The van der Waals surface area contributed by atoms with Crippen LogP contribution >= 0.6 is 23.2 Å². The van der Waals surface area contributed by atoms with Gasteiger partial charge in [0.05, 0.1) is 5.02 Å². The van der Waals surface area contributed by atoms with E-state index in [9.17, 15) is 0 Å². The number of aromatic nitrogens is 1. The first-order valence-electron chi connectivity index (χ1n) is 6.02. The van der Waals surface area contributed by atoms with Gasteiger partial charge in [0.25, 0.3) is 0 Å². The van der Waals surface area contributed by atoms with Crippen LogP contribution in [0.4, 0.5) is 0 Å².